The summed E-state index contributed by atoms with van der Waals surface area (Å²) < 4.78 is 24.0. The first-order chi connectivity index (χ1) is 11.8. The van der Waals surface area contributed by atoms with Crippen molar-refractivity contribution in [2.45, 2.75) is 20.0 Å². The normalized spacial score (nSPS) is 11.6. The van der Waals surface area contributed by atoms with Crippen LogP contribution in [-0.4, -0.2) is 25.1 Å². The summed E-state index contributed by atoms with van der Waals surface area (Å²) in [5.74, 6) is -1.72. The van der Waals surface area contributed by atoms with Gasteiger partial charge in [0.15, 0.2) is 6.10 Å². The van der Waals surface area contributed by atoms with E-state index in [0.29, 0.717) is 5.75 Å². The molecule has 132 valence electrons. The molecule has 0 unspecified atom stereocenters. The van der Waals surface area contributed by atoms with Gasteiger partial charge in [0.2, 0.25) is 0 Å². The Balaban J connectivity index is 2.08. The minimum atomic E-state index is -1.13. The van der Waals surface area contributed by atoms with Crippen LogP contribution in [0.2, 0.25) is 5.02 Å². The number of carbonyl (C=O) groups is 2. The number of aryl methyl sites for hydroxylation is 1. The van der Waals surface area contributed by atoms with Crippen molar-refractivity contribution < 1.29 is 23.5 Å². The number of hydrogen-bond acceptors (Lipinski definition) is 4. The van der Waals surface area contributed by atoms with Crippen molar-refractivity contribution in [2.24, 2.45) is 0 Å². The van der Waals surface area contributed by atoms with Gasteiger partial charge < -0.3 is 14.8 Å². The predicted octanol–water partition coefficient (Wildman–Crippen LogP) is 3.98. The molecule has 25 heavy (non-hydrogen) atoms. The molecule has 0 fully saturated rings. The predicted molar refractivity (Wildman–Crippen MR) is 92.6 cm³/mol. The molecule has 0 radical (unpaired) electrons. The molecule has 0 bridgehead atoms. The Morgan fingerprint density at radius 1 is 1.20 bits per heavy atom. The molecule has 0 spiro atoms. The number of ether oxygens (including phenoxy) is 2. The van der Waals surface area contributed by atoms with Crippen LogP contribution in [0.1, 0.15) is 22.8 Å². The van der Waals surface area contributed by atoms with Crippen molar-refractivity contribution >= 4 is 29.2 Å². The monoisotopic (exact) mass is 365 g/mol. The number of hydrogen-bond donors (Lipinski definition) is 1. The maximum absolute atomic E-state index is 13.7. The van der Waals surface area contributed by atoms with Gasteiger partial charge in [-0.05, 0) is 44.2 Å². The summed E-state index contributed by atoms with van der Waals surface area (Å²) in [7, 11) is 1.43. The van der Waals surface area contributed by atoms with Gasteiger partial charge >= 0.3 is 5.97 Å². The summed E-state index contributed by atoms with van der Waals surface area (Å²) in [5, 5.41) is 2.56. The quantitative estimate of drug-likeness (QED) is 0.814. The van der Waals surface area contributed by atoms with Crippen molar-refractivity contribution in [1.82, 2.24) is 0 Å². The van der Waals surface area contributed by atoms with Gasteiger partial charge in [-0.3, -0.25) is 4.79 Å². The summed E-state index contributed by atoms with van der Waals surface area (Å²) in [6.45, 7) is 3.21. The van der Waals surface area contributed by atoms with E-state index in [1.54, 1.807) is 18.2 Å². The zero-order chi connectivity index (χ0) is 18.6. The summed E-state index contributed by atoms with van der Waals surface area (Å²) in [5.41, 5.74) is 0.998. The van der Waals surface area contributed by atoms with E-state index in [1.807, 2.05) is 6.92 Å². The molecule has 2 aromatic carbocycles. The van der Waals surface area contributed by atoms with E-state index in [9.17, 15) is 14.0 Å². The Kier molecular flexibility index (Phi) is 5.98. The average Bonchev–Trinajstić information content (AvgIpc) is 2.57. The van der Waals surface area contributed by atoms with E-state index in [0.717, 1.165) is 11.6 Å². The molecule has 1 amide bonds. The smallest absolute Gasteiger partial charge is 0.342 e. The molecule has 5 nitrogen and oxygen atoms in total. The highest BCUT2D eigenvalue weighted by Crippen LogP contribution is 2.22. The molecule has 1 atom stereocenters. The second-order valence-corrected chi connectivity index (χ2v) is 5.80. The van der Waals surface area contributed by atoms with Gasteiger partial charge in [-0.15, -0.1) is 0 Å². The standard InChI is InChI=1S/C18H17ClFNO4/c1-10-4-7-16(24-3)13(8-10)18(23)25-11(2)17(22)21-15-6-5-12(19)9-14(15)20/h4-9,11H,1-3H3,(H,21,22)/t11-/m0/s1. The molecule has 0 aliphatic carbocycles. The van der Waals surface area contributed by atoms with Crippen LogP contribution in [-0.2, 0) is 9.53 Å². The van der Waals surface area contributed by atoms with Crippen LogP contribution in [0.5, 0.6) is 5.75 Å². The van der Waals surface area contributed by atoms with Gasteiger partial charge in [0, 0.05) is 5.02 Å². The fraction of sp³-hybridized carbons (Fsp3) is 0.222. The molecule has 0 saturated carbocycles. The van der Waals surface area contributed by atoms with Crippen molar-refractivity contribution in [3.8, 4) is 5.75 Å². The third-order valence-corrected chi connectivity index (χ3v) is 3.65. The maximum Gasteiger partial charge on any atom is 0.342 e. The third kappa shape index (κ3) is 4.70. The van der Waals surface area contributed by atoms with Crippen molar-refractivity contribution in [2.75, 3.05) is 12.4 Å². The number of anilines is 1. The SMILES string of the molecule is COc1ccc(C)cc1C(=O)O[C@@H](C)C(=O)Nc1ccc(Cl)cc1F. The third-order valence-electron chi connectivity index (χ3n) is 3.42. The van der Waals surface area contributed by atoms with Crippen molar-refractivity contribution in [3.63, 3.8) is 0 Å². The lowest BCUT2D eigenvalue weighted by Crippen LogP contribution is -2.30. The topological polar surface area (TPSA) is 64.6 Å². The lowest BCUT2D eigenvalue weighted by molar-refractivity contribution is -0.123. The van der Waals surface area contributed by atoms with E-state index in [4.69, 9.17) is 21.1 Å². The Bertz CT molecular complexity index is 810. The number of nitrogens with one attached hydrogen (secondary N) is 1. The van der Waals surface area contributed by atoms with Crippen LogP contribution in [0.3, 0.4) is 0 Å². The number of rotatable bonds is 5. The summed E-state index contributed by atoms with van der Waals surface area (Å²) in [4.78, 5) is 24.4. The first-order valence-corrected chi connectivity index (χ1v) is 7.81. The van der Waals surface area contributed by atoms with Crippen LogP contribution in [0.25, 0.3) is 0 Å². The zero-order valence-electron chi connectivity index (χ0n) is 13.9. The first kappa shape index (κ1) is 18.7. The average molecular weight is 366 g/mol. The molecule has 2 rings (SSSR count). The number of halogens is 2. The van der Waals surface area contributed by atoms with Crippen LogP contribution in [0.4, 0.5) is 10.1 Å². The van der Waals surface area contributed by atoms with Gasteiger partial charge in [0.05, 0.1) is 12.8 Å². The van der Waals surface area contributed by atoms with Crippen molar-refractivity contribution in [3.05, 3.63) is 58.4 Å². The summed E-state index contributed by atoms with van der Waals surface area (Å²) in [6.07, 6.45) is -1.13. The molecule has 7 heteroatoms. The molecule has 1 N–H and O–H groups in total. The number of benzene rings is 2. The van der Waals surface area contributed by atoms with E-state index >= 15 is 0 Å². The van der Waals surface area contributed by atoms with E-state index in [-0.39, 0.29) is 16.3 Å². The second-order valence-electron chi connectivity index (χ2n) is 5.36. The molecule has 2 aromatic rings. The Hall–Kier alpha value is -2.60. The maximum atomic E-state index is 13.7. The van der Waals surface area contributed by atoms with Crippen LogP contribution in [0.15, 0.2) is 36.4 Å². The fourth-order valence-electron chi connectivity index (χ4n) is 2.08. The highest BCUT2D eigenvalue weighted by Gasteiger charge is 2.22. The number of amides is 1. The Morgan fingerprint density at radius 2 is 1.92 bits per heavy atom. The van der Waals surface area contributed by atoms with Gasteiger partial charge in [-0.1, -0.05) is 23.2 Å². The minimum Gasteiger partial charge on any atom is -0.496 e. The van der Waals surface area contributed by atoms with Crippen LogP contribution in [0, 0.1) is 12.7 Å². The number of methoxy groups -OCH3 is 1. The number of carbonyl (C=O) groups excluding carboxylic acids is 2. The van der Waals surface area contributed by atoms with Gasteiger partial charge in [-0.25, -0.2) is 9.18 Å². The number of esters is 1. The van der Waals surface area contributed by atoms with Crippen LogP contribution < -0.4 is 10.1 Å². The Morgan fingerprint density at radius 3 is 2.56 bits per heavy atom. The fourth-order valence-corrected chi connectivity index (χ4v) is 2.24. The molecule has 0 aromatic heterocycles. The Labute approximate surface area is 149 Å². The second kappa shape index (κ2) is 7.98. The summed E-state index contributed by atoms with van der Waals surface area (Å²) in [6, 6.07) is 8.87. The van der Waals surface area contributed by atoms with Crippen molar-refractivity contribution in [1.29, 1.82) is 0 Å². The molecule has 0 aliphatic rings. The largest absolute Gasteiger partial charge is 0.496 e. The molecule has 0 heterocycles. The molecular formula is C18H17ClFNO4. The highest BCUT2D eigenvalue weighted by molar-refractivity contribution is 6.30. The van der Waals surface area contributed by atoms with Crippen LogP contribution >= 0.6 is 11.6 Å². The first-order valence-electron chi connectivity index (χ1n) is 7.43. The molecular weight excluding hydrogens is 349 g/mol. The zero-order valence-corrected chi connectivity index (χ0v) is 14.7. The van der Waals surface area contributed by atoms with E-state index in [1.165, 1.54) is 26.2 Å². The lowest BCUT2D eigenvalue weighted by Gasteiger charge is -2.15. The molecule has 0 aliphatic heterocycles. The van der Waals surface area contributed by atoms with Gasteiger partial charge in [0.1, 0.15) is 17.1 Å². The van der Waals surface area contributed by atoms with Gasteiger partial charge in [0.25, 0.3) is 5.91 Å². The highest BCUT2D eigenvalue weighted by atomic mass is 35.5. The van der Waals surface area contributed by atoms with E-state index in [2.05, 4.69) is 5.32 Å². The lowest BCUT2D eigenvalue weighted by atomic mass is 10.1. The molecule has 0 saturated heterocycles. The summed E-state index contributed by atoms with van der Waals surface area (Å²) >= 11 is 5.66. The minimum absolute atomic E-state index is 0.0505. The van der Waals surface area contributed by atoms with Gasteiger partial charge in [-0.2, -0.15) is 0 Å². The van der Waals surface area contributed by atoms with E-state index < -0.39 is 23.8 Å².